The highest BCUT2D eigenvalue weighted by Crippen LogP contribution is 2.46. The van der Waals surface area contributed by atoms with E-state index in [-0.39, 0.29) is 17.3 Å². The highest BCUT2D eigenvalue weighted by Gasteiger charge is 2.28. The Balaban J connectivity index is 2.41. The number of esters is 1. The van der Waals surface area contributed by atoms with E-state index in [0.717, 1.165) is 6.92 Å². The molecule has 0 aliphatic rings. The molecule has 8 nitrogen and oxygen atoms in total. The van der Waals surface area contributed by atoms with Gasteiger partial charge in [0.15, 0.2) is 5.76 Å². The molecule has 0 aliphatic carbocycles. The second-order valence-electron chi connectivity index (χ2n) is 4.47. The second kappa shape index (κ2) is 7.09. The molecule has 2 aromatic heterocycles. The minimum absolute atomic E-state index is 0.149. The SMILES string of the molecule is CC(=O)Oc1c(NS(=O)(=O)CCCBr)oc(-c2ccco2)c1O. The summed E-state index contributed by atoms with van der Waals surface area (Å²) < 4.78 is 41.3. The summed E-state index contributed by atoms with van der Waals surface area (Å²) in [6.45, 7) is 1.11. The molecule has 0 aliphatic heterocycles. The van der Waals surface area contributed by atoms with Crippen LogP contribution in [0.3, 0.4) is 0 Å². The number of anilines is 1. The van der Waals surface area contributed by atoms with Crippen LogP contribution in [0.25, 0.3) is 11.5 Å². The van der Waals surface area contributed by atoms with Crippen LogP contribution in [0.15, 0.2) is 27.2 Å². The first-order valence-corrected chi connectivity index (χ1v) is 9.26. The van der Waals surface area contributed by atoms with E-state index in [9.17, 15) is 18.3 Å². The van der Waals surface area contributed by atoms with Crippen LogP contribution in [-0.4, -0.2) is 30.6 Å². The van der Waals surface area contributed by atoms with Gasteiger partial charge in [-0.15, -0.1) is 0 Å². The van der Waals surface area contributed by atoms with Crippen molar-refractivity contribution in [1.29, 1.82) is 0 Å². The summed E-state index contributed by atoms with van der Waals surface area (Å²) >= 11 is 3.14. The van der Waals surface area contributed by atoms with Crippen LogP contribution in [0.5, 0.6) is 11.5 Å². The fraction of sp³-hybridized carbons (Fsp3) is 0.308. The standard InChI is InChI=1S/C13H14BrNO7S/c1-8(16)21-12-10(17)11(9-4-2-6-20-9)22-13(12)15-23(18,19)7-3-5-14/h2,4,6,15,17H,3,5,7H2,1H3. The van der Waals surface area contributed by atoms with Crippen LogP contribution in [0, 0.1) is 0 Å². The predicted octanol–water partition coefficient (Wildman–Crippen LogP) is 2.70. The van der Waals surface area contributed by atoms with Gasteiger partial charge in [0.1, 0.15) is 0 Å². The number of hydrogen-bond donors (Lipinski definition) is 2. The van der Waals surface area contributed by atoms with E-state index in [1.54, 1.807) is 6.07 Å². The molecule has 0 amide bonds. The Bertz CT molecular complexity index is 780. The molecule has 2 N–H and O–H groups in total. The monoisotopic (exact) mass is 407 g/mol. The minimum Gasteiger partial charge on any atom is -0.501 e. The molecule has 2 aromatic rings. The smallest absolute Gasteiger partial charge is 0.308 e. The average Bonchev–Trinajstić information content (AvgIpc) is 3.08. The molecule has 10 heteroatoms. The third-order valence-electron chi connectivity index (χ3n) is 2.63. The van der Waals surface area contributed by atoms with Gasteiger partial charge in [0.2, 0.25) is 27.3 Å². The molecule has 2 rings (SSSR count). The van der Waals surface area contributed by atoms with Crippen molar-refractivity contribution in [3.05, 3.63) is 18.4 Å². The summed E-state index contributed by atoms with van der Waals surface area (Å²) in [7, 11) is -3.73. The summed E-state index contributed by atoms with van der Waals surface area (Å²) in [5, 5.41) is 10.6. The second-order valence-corrected chi connectivity index (χ2v) is 7.11. The van der Waals surface area contributed by atoms with Gasteiger partial charge < -0.3 is 18.7 Å². The average molecular weight is 408 g/mol. The Hall–Kier alpha value is -1.94. The summed E-state index contributed by atoms with van der Waals surface area (Å²) in [5.74, 6) is -2.24. The van der Waals surface area contributed by atoms with E-state index < -0.39 is 33.4 Å². The number of furan rings is 2. The number of aromatic hydroxyl groups is 1. The fourth-order valence-corrected chi connectivity index (χ4v) is 3.42. The molecule has 0 fully saturated rings. The van der Waals surface area contributed by atoms with E-state index in [1.807, 2.05) is 0 Å². The number of rotatable bonds is 7. The van der Waals surface area contributed by atoms with Crippen LogP contribution < -0.4 is 9.46 Å². The van der Waals surface area contributed by atoms with Crippen molar-refractivity contribution in [2.75, 3.05) is 15.8 Å². The van der Waals surface area contributed by atoms with Gasteiger partial charge >= 0.3 is 5.97 Å². The number of carbonyl (C=O) groups excluding carboxylic acids is 1. The van der Waals surface area contributed by atoms with E-state index in [2.05, 4.69) is 20.7 Å². The quantitative estimate of drug-likeness (QED) is 0.534. The zero-order chi connectivity index (χ0) is 17.0. The van der Waals surface area contributed by atoms with Crippen LogP contribution in [-0.2, 0) is 14.8 Å². The van der Waals surface area contributed by atoms with E-state index >= 15 is 0 Å². The van der Waals surface area contributed by atoms with Crippen molar-refractivity contribution in [2.24, 2.45) is 0 Å². The molecule has 0 saturated carbocycles. The zero-order valence-corrected chi connectivity index (χ0v) is 14.4. The topological polar surface area (TPSA) is 119 Å². The summed E-state index contributed by atoms with van der Waals surface area (Å²) in [5.41, 5.74) is 0. The van der Waals surface area contributed by atoms with Gasteiger partial charge in [-0.05, 0) is 18.6 Å². The third-order valence-corrected chi connectivity index (χ3v) is 4.51. The lowest BCUT2D eigenvalue weighted by Crippen LogP contribution is -2.17. The van der Waals surface area contributed by atoms with Gasteiger partial charge in [0.05, 0.1) is 12.0 Å². The Morgan fingerprint density at radius 1 is 1.48 bits per heavy atom. The number of alkyl halides is 1. The Labute approximate surface area is 140 Å². The van der Waals surface area contributed by atoms with Crippen molar-refractivity contribution in [3.63, 3.8) is 0 Å². The lowest BCUT2D eigenvalue weighted by atomic mass is 10.3. The minimum atomic E-state index is -3.73. The first-order chi connectivity index (χ1) is 10.8. The highest BCUT2D eigenvalue weighted by atomic mass is 79.9. The molecular weight excluding hydrogens is 394 g/mol. The fourth-order valence-electron chi connectivity index (χ4n) is 1.72. The van der Waals surface area contributed by atoms with Crippen molar-refractivity contribution < 1.29 is 31.9 Å². The lowest BCUT2D eigenvalue weighted by Gasteiger charge is -2.06. The summed E-state index contributed by atoms with van der Waals surface area (Å²) in [4.78, 5) is 11.2. The summed E-state index contributed by atoms with van der Waals surface area (Å²) in [6, 6.07) is 3.06. The number of ether oxygens (including phenoxy) is 1. The number of carbonyl (C=O) groups is 1. The molecule has 0 radical (unpaired) electrons. The number of halogens is 1. The maximum Gasteiger partial charge on any atom is 0.308 e. The molecule has 126 valence electrons. The van der Waals surface area contributed by atoms with E-state index in [1.165, 1.54) is 12.3 Å². The van der Waals surface area contributed by atoms with Crippen LogP contribution in [0.4, 0.5) is 5.88 Å². The van der Waals surface area contributed by atoms with Gasteiger partial charge in [0, 0.05) is 12.3 Å². The summed E-state index contributed by atoms with van der Waals surface area (Å²) in [6.07, 6.45) is 1.72. The molecule has 0 saturated heterocycles. The van der Waals surface area contributed by atoms with Crippen LogP contribution in [0.2, 0.25) is 0 Å². The molecule has 0 unspecified atom stereocenters. The van der Waals surface area contributed by atoms with Crippen LogP contribution >= 0.6 is 15.9 Å². The largest absolute Gasteiger partial charge is 0.501 e. The lowest BCUT2D eigenvalue weighted by molar-refractivity contribution is -0.131. The third kappa shape index (κ3) is 4.29. The first kappa shape index (κ1) is 17.4. The van der Waals surface area contributed by atoms with Crippen LogP contribution in [0.1, 0.15) is 13.3 Å². The molecule has 0 aromatic carbocycles. The normalized spacial score (nSPS) is 11.4. The van der Waals surface area contributed by atoms with E-state index in [4.69, 9.17) is 13.6 Å². The maximum absolute atomic E-state index is 12.0. The van der Waals surface area contributed by atoms with Crippen molar-refractivity contribution in [1.82, 2.24) is 0 Å². The number of sulfonamides is 1. The zero-order valence-electron chi connectivity index (χ0n) is 12.0. The molecule has 0 spiro atoms. The van der Waals surface area contributed by atoms with Crippen molar-refractivity contribution >= 4 is 37.8 Å². The van der Waals surface area contributed by atoms with Crippen molar-refractivity contribution in [3.8, 4) is 23.0 Å². The molecule has 0 bridgehead atoms. The van der Waals surface area contributed by atoms with Gasteiger partial charge in [0.25, 0.3) is 5.88 Å². The predicted molar refractivity (Wildman–Crippen MR) is 85.2 cm³/mol. The molecule has 2 heterocycles. The molecule has 0 atom stereocenters. The highest BCUT2D eigenvalue weighted by molar-refractivity contribution is 9.09. The maximum atomic E-state index is 12.0. The van der Waals surface area contributed by atoms with Gasteiger partial charge in [-0.3, -0.25) is 4.79 Å². The molecular formula is C13H14BrNO7S. The Morgan fingerprint density at radius 2 is 2.22 bits per heavy atom. The first-order valence-electron chi connectivity index (χ1n) is 6.48. The van der Waals surface area contributed by atoms with Gasteiger partial charge in [-0.2, -0.15) is 0 Å². The molecule has 23 heavy (non-hydrogen) atoms. The number of hydrogen-bond acceptors (Lipinski definition) is 7. The van der Waals surface area contributed by atoms with E-state index in [0.29, 0.717) is 11.8 Å². The van der Waals surface area contributed by atoms with Gasteiger partial charge in [-0.1, -0.05) is 15.9 Å². The van der Waals surface area contributed by atoms with Gasteiger partial charge in [-0.25, -0.2) is 13.1 Å². The van der Waals surface area contributed by atoms with Crippen molar-refractivity contribution in [2.45, 2.75) is 13.3 Å². The Morgan fingerprint density at radius 3 is 2.78 bits per heavy atom. The Kier molecular flexibility index (Phi) is 5.37. The number of nitrogens with one attached hydrogen (secondary N) is 1.